The molecule has 0 bridgehead atoms. The van der Waals surface area contributed by atoms with Gasteiger partial charge in [0.15, 0.2) is 12.4 Å². The first-order valence-corrected chi connectivity index (χ1v) is 9.39. The van der Waals surface area contributed by atoms with Crippen LogP contribution in [0.15, 0.2) is 48.8 Å². The second-order valence-electron chi connectivity index (χ2n) is 5.73. The van der Waals surface area contributed by atoms with Crippen molar-refractivity contribution in [1.29, 1.82) is 0 Å². The van der Waals surface area contributed by atoms with Gasteiger partial charge in [0.1, 0.15) is 13.3 Å². The Bertz CT molecular complexity index is 691. The van der Waals surface area contributed by atoms with Gasteiger partial charge in [0.25, 0.3) is 0 Å². The van der Waals surface area contributed by atoms with Crippen LogP contribution >= 0.6 is 7.52 Å². The van der Waals surface area contributed by atoms with E-state index in [1.54, 1.807) is 36.0 Å². The maximum absolute atomic E-state index is 13.1. The minimum absolute atomic E-state index is 0.105. The fraction of sp³-hybridized carbons (Fsp3) is 0.353. The second kappa shape index (κ2) is 6.83. The number of nitrogens with zero attached hydrogens (tertiary/aromatic N) is 1. The summed E-state index contributed by atoms with van der Waals surface area (Å²) >= 11 is 0. The molecule has 0 saturated carbocycles. The number of nitrogens with one attached hydrogen (secondary N) is 1. The number of hydrogen-bond acceptors (Lipinski definition) is 3. The molecule has 1 aromatic heterocycles. The molecule has 5 nitrogen and oxygen atoms in total. The lowest BCUT2D eigenvalue weighted by molar-refractivity contribution is -0.379. The third-order valence-electron chi connectivity index (χ3n) is 4.33. The van der Waals surface area contributed by atoms with E-state index in [0.717, 1.165) is 24.8 Å². The average Bonchev–Trinajstić information content (AvgIpc) is 2.62. The molecule has 1 aliphatic rings. The van der Waals surface area contributed by atoms with Crippen LogP contribution in [0.4, 0.5) is 0 Å². The fourth-order valence-corrected chi connectivity index (χ4v) is 4.95. The maximum Gasteiger partial charge on any atom is 0.171 e. The van der Waals surface area contributed by atoms with Crippen LogP contribution in [0.5, 0.6) is 5.75 Å². The second-order valence-corrected chi connectivity index (χ2v) is 7.80. The maximum atomic E-state index is 13.1. The highest BCUT2D eigenvalue weighted by molar-refractivity contribution is 7.62. The Morgan fingerprint density at radius 3 is 2.70 bits per heavy atom. The Balaban J connectivity index is 1.93. The summed E-state index contributed by atoms with van der Waals surface area (Å²) in [6, 6.07) is 10.4. The quantitative estimate of drug-likeness (QED) is 0.802. The van der Waals surface area contributed by atoms with Crippen molar-refractivity contribution in [2.45, 2.75) is 25.3 Å². The van der Waals surface area contributed by atoms with Gasteiger partial charge in [0.2, 0.25) is 0 Å². The minimum Gasteiger partial charge on any atom is -0.784 e. The number of piperidine rings is 1. The Labute approximate surface area is 136 Å². The van der Waals surface area contributed by atoms with E-state index in [4.69, 9.17) is 4.74 Å². The van der Waals surface area contributed by atoms with Crippen molar-refractivity contribution in [3.63, 3.8) is 0 Å². The molecule has 3 rings (SSSR count). The van der Waals surface area contributed by atoms with Gasteiger partial charge >= 0.3 is 0 Å². The Kier molecular flexibility index (Phi) is 4.81. The highest BCUT2D eigenvalue weighted by Crippen LogP contribution is 2.49. The third-order valence-corrected chi connectivity index (χ3v) is 6.43. The molecular formula is C17H21N2O3P. The first kappa shape index (κ1) is 16.2. The molecule has 1 fully saturated rings. The van der Waals surface area contributed by atoms with Crippen LogP contribution in [0, 0.1) is 0 Å². The largest absolute Gasteiger partial charge is 0.784 e. The topological polar surface area (TPSA) is 66.7 Å². The number of aromatic nitrogens is 1. The van der Waals surface area contributed by atoms with Gasteiger partial charge in [-0.2, -0.15) is 0 Å². The molecule has 1 aliphatic heterocycles. The summed E-state index contributed by atoms with van der Waals surface area (Å²) in [6.07, 6.45) is 6.50. The zero-order valence-electron chi connectivity index (χ0n) is 13.1. The van der Waals surface area contributed by atoms with Gasteiger partial charge < -0.3 is 14.2 Å². The van der Waals surface area contributed by atoms with E-state index < -0.39 is 7.52 Å². The van der Waals surface area contributed by atoms with Crippen LogP contribution in [0.3, 0.4) is 0 Å². The standard InChI is InChI=1S/C17H21N2O3P/c1-22-15-7-9-16(10-8-15)23(20,21)19-12-3-2-6-17(19)14-5-4-11-18-13-14/h4-5,7-11,13,17H,2-3,6,12H2,1H3,(H,20,21). The summed E-state index contributed by atoms with van der Waals surface area (Å²) in [5.74, 6) is 0.654. The van der Waals surface area contributed by atoms with E-state index in [9.17, 15) is 9.46 Å². The van der Waals surface area contributed by atoms with Crippen molar-refractivity contribution >= 4 is 12.8 Å². The number of benzene rings is 1. The van der Waals surface area contributed by atoms with Crippen molar-refractivity contribution in [3.8, 4) is 5.75 Å². The van der Waals surface area contributed by atoms with Gasteiger partial charge in [-0.25, -0.2) is 4.98 Å². The molecular weight excluding hydrogens is 311 g/mol. The van der Waals surface area contributed by atoms with Crippen LogP contribution in [0.2, 0.25) is 0 Å². The number of rotatable bonds is 4. The third kappa shape index (κ3) is 3.32. The number of H-pyrrole nitrogens is 1. The molecule has 0 amide bonds. The average molecular weight is 332 g/mol. The van der Waals surface area contributed by atoms with E-state index in [1.165, 1.54) is 0 Å². The van der Waals surface area contributed by atoms with Gasteiger partial charge in [-0.1, -0.05) is 6.42 Å². The number of aromatic amines is 1. The Morgan fingerprint density at radius 1 is 1.26 bits per heavy atom. The molecule has 0 spiro atoms. The summed E-state index contributed by atoms with van der Waals surface area (Å²) in [4.78, 5) is 16.1. The zero-order valence-corrected chi connectivity index (χ0v) is 14.0. The van der Waals surface area contributed by atoms with Gasteiger partial charge in [-0.05, 0) is 43.2 Å². The van der Waals surface area contributed by atoms with Crippen molar-refractivity contribution in [2.24, 2.45) is 0 Å². The molecule has 0 radical (unpaired) electrons. The molecule has 2 aromatic rings. The van der Waals surface area contributed by atoms with Crippen molar-refractivity contribution in [2.75, 3.05) is 13.7 Å². The molecule has 2 heterocycles. The zero-order chi connectivity index (χ0) is 16.3. The molecule has 122 valence electrons. The smallest absolute Gasteiger partial charge is 0.171 e. The summed E-state index contributed by atoms with van der Waals surface area (Å²) in [5, 5.41) is 0.338. The van der Waals surface area contributed by atoms with Gasteiger partial charge in [0, 0.05) is 29.5 Å². The molecule has 0 aliphatic carbocycles. The van der Waals surface area contributed by atoms with E-state index in [1.807, 2.05) is 24.5 Å². The predicted molar refractivity (Wildman–Crippen MR) is 86.5 cm³/mol. The van der Waals surface area contributed by atoms with Crippen LogP contribution in [-0.2, 0) is 4.57 Å². The molecule has 23 heavy (non-hydrogen) atoms. The Hall–Kier alpha value is -1.68. The molecule has 2 atom stereocenters. The summed E-state index contributed by atoms with van der Waals surface area (Å²) in [7, 11) is -2.29. The van der Waals surface area contributed by atoms with Crippen LogP contribution in [0.25, 0.3) is 0 Å². The van der Waals surface area contributed by atoms with E-state index in [2.05, 4.69) is 4.98 Å². The highest BCUT2D eigenvalue weighted by Gasteiger charge is 2.32. The van der Waals surface area contributed by atoms with Crippen LogP contribution in [0.1, 0.15) is 30.9 Å². The van der Waals surface area contributed by atoms with Crippen LogP contribution < -0.4 is 19.9 Å². The first-order valence-electron chi connectivity index (χ1n) is 7.82. The number of ether oxygens (including phenoxy) is 1. The minimum atomic E-state index is -3.86. The fourth-order valence-electron chi connectivity index (χ4n) is 3.10. The molecule has 1 N–H and O–H groups in total. The van der Waals surface area contributed by atoms with Gasteiger partial charge in [-0.15, -0.1) is 0 Å². The van der Waals surface area contributed by atoms with Gasteiger partial charge in [0.05, 0.1) is 7.11 Å². The van der Waals surface area contributed by atoms with Crippen LogP contribution in [-0.4, -0.2) is 18.3 Å². The van der Waals surface area contributed by atoms with Crippen molar-refractivity contribution < 1.29 is 19.2 Å². The number of hydrogen-bond donors (Lipinski definition) is 0. The normalized spacial score (nSPS) is 21.6. The van der Waals surface area contributed by atoms with E-state index in [-0.39, 0.29) is 6.04 Å². The highest BCUT2D eigenvalue weighted by atomic mass is 31.2. The summed E-state index contributed by atoms with van der Waals surface area (Å²) in [5.41, 5.74) is 1.01. The number of pyridine rings is 1. The van der Waals surface area contributed by atoms with E-state index in [0.29, 0.717) is 17.6 Å². The predicted octanol–water partition coefficient (Wildman–Crippen LogP) is 1.92. The molecule has 6 heteroatoms. The summed E-state index contributed by atoms with van der Waals surface area (Å²) in [6.45, 7) is 0.562. The lowest BCUT2D eigenvalue weighted by Crippen LogP contribution is -2.38. The first-order chi connectivity index (χ1) is 11.1. The molecule has 1 saturated heterocycles. The molecule has 1 aromatic carbocycles. The van der Waals surface area contributed by atoms with Crippen molar-refractivity contribution in [1.82, 2.24) is 4.67 Å². The lowest BCUT2D eigenvalue weighted by Gasteiger charge is -2.44. The van der Waals surface area contributed by atoms with Gasteiger partial charge in [-0.3, -0.25) is 4.67 Å². The summed E-state index contributed by atoms with van der Waals surface area (Å²) < 4.78 is 19.8. The Morgan fingerprint density at radius 2 is 2.04 bits per heavy atom. The monoisotopic (exact) mass is 332 g/mol. The van der Waals surface area contributed by atoms with E-state index >= 15 is 0 Å². The lowest BCUT2D eigenvalue weighted by atomic mass is 9.99. The number of methoxy groups -OCH3 is 1. The molecule has 2 unspecified atom stereocenters. The van der Waals surface area contributed by atoms with Crippen molar-refractivity contribution in [3.05, 3.63) is 54.4 Å². The SMILES string of the molecule is COc1ccc(P(=O)([O-])N2CCCCC2c2ccc[nH+]c2)cc1.